The molecule has 2 aromatic rings. The minimum absolute atomic E-state index is 0.396. The molecule has 1 fully saturated rings. The van der Waals surface area contributed by atoms with Crippen molar-refractivity contribution in [2.45, 2.75) is 19.9 Å². The van der Waals surface area contributed by atoms with Crippen LogP contribution >= 0.6 is 0 Å². The third-order valence-electron chi connectivity index (χ3n) is 3.42. The molecule has 0 unspecified atom stereocenters. The second kappa shape index (κ2) is 4.31. The fourth-order valence-electron chi connectivity index (χ4n) is 2.55. The molecule has 3 heterocycles. The normalized spacial score (nSPS) is 16.6. The minimum atomic E-state index is 0.396. The molecule has 19 heavy (non-hydrogen) atoms. The molecule has 3 N–H and O–H groups in total. The molecule has 6 nitrogen and oxygen atoms in total. The molecule has 100 valence electrons. The molecule has 0 aromatic carbocycles. The Morgan fingerprint density at radius 1 is 1.26 bits per heavy atom. The van der Waals surface area contributed by atoms with Gasteiger partial charge in [-0.25, -0.2) is 4.98 Å². The molecule has 0 amide bonds. The van der Waals surface area contributed by atoms with Crippen LogP contribution < -0.4 is 11.1 Å². The van der Waals surface area contributed by atoms with Gasteiger partial charge in [0.25, 0.3) is 0 Å². The first-order chi connectivity index (χ1) is 9.02. The molecule has 2 aromatic heterocycles. The lowest BCUT2D eigenvalue weighted by atomic mass is 10.1. The number of likely N-dealkylation sites (tertiary alicyclic amines) is 1. The summed E-state index contributed by atoms with van der Waals surface area (Å²) in [7, 11) is 2.09. The van der Waals surface area contributed by atoms with Crippen LogP contribution in [0, 0.1) is 13.8 Å². The molecule has 1 aliphatic heterocycles. The Hall–Kier alpha value is -1.95. The predicted octanol–water partition coefficient (Wildman–Crippen LogP) is 0.950. The molecule has 0 radical (unpaired) electrons. The highest BCUT2D eigenvalue weighted by atomic mass is 15.3. The average Bonchev–Trinajstić information content (AvgIpc) is 2.25. The van der Waals surface area contributed by atoms with Crippen LogP contribution in [0.2, 0.25) is 0 Å². The number of rotatable bonds is 2. The summed E-state index contributed by atoms with van der Waals surface area (Å²) in [5.74, 6) is 1.06. The summed E-state index contributed by atoms with van der Waals surface area (Å²) in [6, 6.07) is 2.39. The van der Waals surface area contributed by atoms with E-state index in [-0.39, 0.29) is 0 Å². The van der Waals surface area contributed by atoms with E-state index < -0.39 is 0 Å². The van der Waals surface area contributed by atoms with Crippen molar-refractivity contribution in [3.05, 3.63) is 17.3 Å². The quantitative estimate of drug-likeness (QED) is 0.835. The number of aryl methyl sites for hydroxylation is 2. The number of nitrogen functional groups attached to an aromatic ring is 1. The van der Waals surface area contributed by atoms with Crippen molar-refractivity contribution in [1.82, 2.24) is 19.9 Å². The van der Waals surface area contributed by atoms with Crippen molar-refractivity contribution in [2.75, 3.05) is 31.2 Å². The Bertz CT molecular complexity index is 633. The van der Waals surface area contributed by atoms with Crippen molar-refractivity contribution in [3.63, 3.8) is 0 Å². The number of nitrogens with zero attached hydrogens (tertiary/aromatic N) is 4. The van der Waals surface area contributed by atoms with E-state index in [1.165, 1.54) is 0 Å². The number of hydrogen-bond acceptors (Lipinski definition) is 6. The molecule has 0 atom stereocenters. The van der Waals surface area contributed by atoms with E-state index in [2.05, 4.69) is 32.2 Å². The first-order valence-electron chi connectivity index (χ1n) is 6.39. The van der Waals surface area contributed by atoms with Crippen LogP contribution in [0.15, 0.2) is 6.07 Å². The van der Waals surface area contributed by atoms with Gasteiger partial charge >= 0.3 is 0 Å². The number of likely N-dealkylation sites (N-methyl/N-ethyl adjacent to an activating group) is 1. The zero-order valence-electron chi connectivity index (χ0n) is 11.4. The first kappa shape index (κ1) is 12.1. The summed E-state index contributed by atoms with van der Waals surface area (Å²) >= 11 is 0. The second-order valence-corrected chi connectivity index (χ2v) is 5.27. The first-order valence-corrected chi connectivity index (χ1v) is 6.39. The highest BCUT2D eigenvalue weighted by Crippen LogP contribution is 2.23. The number of nitrogens with one attached hydrogen (secondary N) is 1. The number of nitrogens with two attached hydrogens (primary N) is 1. The maximum atomic E-state index is 6.03. The van der Waals surface area contributed by atoms with Gasteiger partial charge in [-0.1, -0.05) is 0 Å². The maximum Gasteiger partial charge on any atom is 0.227 e. The summed E-state index contributed by atoms with van der Waals surface area (Å²) < 4.78 is 0. The molecule has 1 aliphatic rings. The molecule has 3 rings (SSSR count). The van der Waals surface area contributed by atoms with Crippen molar-refractivity contribution in [2.24, 2.45) is 0 Å². The third-order valence-corrected chi connectivity index (χ3v) is 3.42. The Labute approximate surface area is 112 Å². The predicted molar refractivity (Wildman–Crippen MR) is 76.1 cm³/mol. The Kier molecular flexibility index (Phi) is 2.74. The van der Waals surface area contributed by atoms with E-state index in [1.807, 2.05) is 19.9 Å². The number of anilines is 2. The number of aromatic nitrogens is 3. The summed E-state index contributed by atoms with van der Waals surface area (Å²) in [4.78, 5) is 15.5. The van der Waals surface area contributed by atoms with E-state index in [9.17, 15) is 0 Å². The van der Waals surface area contributed by atoms with Gasteiger partial charge in [-0.3, -0.25) is 0 Å². The second-order valence-electron chi connectivity index (χ2n) is 5.27. The van der Waals surface area contributed by atoms with Gasteiger partial charge in [0, 0.05) is 18.8 Å². The lowest BCUT2D eigenvalue weighted by Crippen LogP contribution is -2.52. The molecular formula is C13H18N6. The SMILES string of the molecule is Cc1cc(C)c2c(N)nc(NC3CN(C)C3)nc2n1. The monoisotopic (exact) mass is 258 g/mol. The van der Waals surface area contributed by atoms with Crippen LogP contribution in [0.1, 0.15) is 11.3 Å². The highest BCUT2D eigenvalue weighted by molar-refractivity contribution is 5.89. The summed E-state index contributed by atoms with van der Waals surface area (Å²) in [6.07, 6.45) is 0. The largest absolute Gasteiger partial charge is 0.383 e. The van der Waals surface area contributed by atoms with Crippen LogP contribution in [0.25, 0.3) is 11.0 Å². The van der Waals surface area contributed by atoms with E-state index in [0.717, 1.165) is 29.7 Å². The Balaban J connectivity index is 1.99. The van der Waals surface area contributed by atoms with Gasteiger partial charge in [-0.05, 0) is 32.5 Å². The molecule has 0 bridgehead atoms. The van der Waals surface area contributed by atoms with Gasteiger partial charge in [0.1, 0.15) is 5.82 Å². The van der Waals surface area contributed by atoms with E-state index >= 15 is 0 Å². The van der Waals surface area contributed by atoms with Gasteiger partial charge in [0.05, 0.1) is 11.4 Å². The zero-order valence-corrected chi connectivity index (χ0v) is 11.4. The van der Waals surface area contributed by atoms with E-state index in [1.54, 1.807) is 0 Å². The molecule has 0 spiro atoms. The molecular weight excluding hydrogens is 240 g/mol. The van der Waals surface area contributed by atoms with Crippen molar-refractivity contribution in [3.8, 4) is 0 Å². The summed E-state index contributed by atoms with van der Waals surface area (Å²) in [5.41, 5.74) is 8.70. The van der Waals surface area contributed by atoms with Crippen LogP contribution in [-0.2, 0) is 0 Å². The van der Waals surface area contributed by atoms with Gasteiger partial charge in [-0.15, -0.1) is 0 Å². The van der Waals surface area contributed by atoms with Crippen LogP contribution in [0.4, 0.5) is 11.8 Å². The summed E-state index contributed by atoms with van der Waals surface area (Å²) in [6.45, 7) is 5.96. The smallest absolute Gasteiger partial charge is 0.227 e. The van der Waals surface area contributed by atoms with Crippen LogP contribution in [-0.4, -0.2) is 46.0 Å². The zero-order chi connectivity index (χ0) is 13.6. The van der Waals surface area contributed by atoms with E-state index in [4.69, 9.17) is 5.73 Å². The van der Waals surface area contributed by atoms with Crippen LogP contribution in [0.5, 0.6) is 0 Å². The van der Waals surface area contributed by atoms with Crippen LogP contribution in [0.3, 0.4) is 0 Å². The van der Waals surface area contributed by atoms with Crippen molar-refractivity contribution < 1.29 is 0 Å². The molecule has 0 aliphatic carbocycles. The number of hydrogen-bond donors (Lipinski definition) is 2. The lowest BCUT2D eigenvalue weighted by molar-refractivity contribution is 0.204. The molecule has 1 saturated heterocycles. The Morgan fingerprint density at radius 2 is 2.00 bits per heavy atom. The van der Waals surface area contributed by atoms with Crippen molar-refractivity contribution >= 4 is 22.8 Å². The topological polar surface area (TPSA) is 80.0 Å². The standard InChI is InChI=1S/C13H18N6/c1-7-4-8(2)15-12-10(7)11(14)17-13(18-12)16-9-5-19(3)6-9/h4,9H,5-6H2,1-3H3,(H3,14,15,16,17,18). The highest BCUT2D eigenvalue weighted by Gasteiger charge is 2.24. The minimum Gasteiger partial charge on any atom is -0.383 e. The molecule has 0 saturated carbocycles. The summed E-state index contributed by atoms with van der Waals surface area (Å²) in [5, 5.41) is 4.15. The fraction of sp³-hybridized carbons (Fsp3) is 0.462. The number of pyridine rings is 1. The van der Waals surface area contributed by atoms with E-state index in [0.29, 0.717) is 23.5 Å². The Morgan fingerprint density at radius 3 is 2.68 bits per heavy atom. The third kappa shape index (κ3) is 2.19. The van der Waals surface area contributed by atoms with Gasteiger partial charge in [-0.2, -0.15) is 9.97 Å². The van der Waals surface area contributed by atoms with Crippen molar-refractivity contribution in [1.29, 1.82) is 0 Å². The van der Waals surface area contributed by atoms with Gasteiger partial charge in [0.15, 0.2) is 5.65 Å². The maximum absolute atomic E-state index is 6.03. The average molecular weight is 258 g/mol. The molecule has 6 heteroatoms. The van der Waals surface area contributed by atoms with Gasteiger partial charge < -0.3 is 16.0 Å². The van der Waals surface area contributed by atoms with Gasteiger partial charge in [0.2, 0.25) is 5.95 Å². The number of fused-ring (bicyclic) bond motifs is 1. The fourth-order valence-corrected chi connectivity index (χ4v) is 2.55. The lowest BCUT2D eigenvalue weighted by Gasteiger charge is -2.36.